The summed E-state index contributed by atoms with van der Waals surface area (Å²) < 4.78 is 0. The highest BCUT2D eigenvalue weighted by Gasteiger charge is 2.63. The molecule has 0 amide bonds. The molecule has 282 valence electrons. The van der Waals surface area contributed by atoms with Gasteiger partial charge in [0.2, 0.25) is 0 Å². The zero-order chi connectivity index (χ0) is 40.3. The lowest BCUT2D eigenvalue weighted by Crippen LogP contribution is -2.39. The zero-order valence-electron chi connectivity index (χ0n) is 35.1. The van der Waals surface area contributed by atoms with Crippen LogP contribution < -0.4 is 0 Å². The molecule has 4 aliphatic rings. The SMILES string of the molecule is Cc1ccccc1CC12c3c4c5c6c7c8c(c9c%10c1c1c3c3c%11c4c4c5c5c7c7c%12c8c8c9c9c%10c%10c1c1c3c3c%11c%11c4c4c5c7c5c7c%12c8c8c9c9c%10c1c1c3c3c%11c4c5c4c7c8c9c1c34)C62. The van der Waals surface area contributed by atoms with Crippen molar-refractivity contribution in [2.24, 2.45) is 0 Å². The van der Waals surface area contributed by atoms with E-state index < -0.39 is 0 Å². The van der Waals surface area contributed by atoms with Crippen LogP contribution >= 0.6 is 0 Å². The quantitative estimate of drug-likeness (QED) is 0.152. The summed E-state index contributed by atoms with van der Waals surface area (Å²) >= 11 is 0. The minimum Gasteiger partial charge on any atom is -0.0620 e. The molecule has 4 aliphatic carbocycles. The Bertz CT molecular complexity index is 7050. The molecule has 0 heterocycles. The van der Waals surface area contributed by atoms with Crippen molar-refractivity contribution >= 4 is 291 Å². The third-order valence-electron chi connectivity index (χ3n) is 25.0. The Labute approximate surface area is 371 Å². The Kier molecular flexibility index (Phi) is 2.08. The van der Waals surface area contributed by atoms with Crippen LogP contribution in [0.2, 0.25) is 0 Å². The van der Waals surface area contributed by atoms with Gasteiger partial charge in [-0.1, -0.05) is 24.3 Å². The van der Waals surface area contributed by atoms with E-state index in [0.717, 1.165) is 6.42 Å². The van der Waals surface area contributed by atoms with Gasteiger partial charge in [0, 0.05) is 11.3 Å². The summed E-state index contributed by atoms with van der Waals surface area (Å²) in [5.74, 6) is 0.299. The van der Waals surface area contributed by atoms with Gasteiger partial charge >= 0.3 is 0 Å². The van der Waals surface area contributed by atoms with Crippen LogP contribution in [0.3, 0.4) is 0 Å². The summed E-state index contributed by atoms with van der Waals surface area (Å²) in [6, 6.07) is 9.64. The van der Waals surface area contributed by atoms with E-state index in [1.807, 2.05) is 0 Å². The van der Waals surface area contributed by atoms with Crippen LogP contribution in [-0.4, -0.2) is 0 Å². The molecule has 33 rings (SSSR count). The van der Waals surface area contributed by atoms with Crippen molar-refractivity contribution in [3.8, 4) is 0 Å². The molecular formula is C68H10. The molecule has 29 aromatic carbocycles. The number of hydrogen-bond acceptors (Lipinski definition) is 0. The van der Waals surface area contributed by atoms with Crippen molar-refractivity contribution in [1.29, 1.82) is 0 Å². The van der Waals surface area contributed by atoms with Crippen LogP contribution in [-0.2, 0) is 11.8 Å². The van der Waals surface area contributed by atoms with Crippen LogP contribution in [0.1, 0.15) is 39.3 Å². The first-order valence-corrected chi connectivity index (χ1v) is 25.7. The fourth-order valence-electron chi connectivity index (χ4n) is 24.7. The van der Waals surface area contributed by atoms with E-state index in [2.05, 4.69) is 31.2 Å². The summed E-state index contributed by atoms with van der Waals surface area (Å²) in [6.45, 7) is 2.43. The minimum atomic E-state index is -0.197. The Balaban J connectivity index is 1.20. The third-order valence-corrected chi connectivity index (χ3v) is 25.0. The monoisotopic (exact) mass is 826 g/mol. The third kappa shape index (κ3) is 1.33. The van der Waals surface area contributed by atoms with Gasteiger partial charge in [0.1, 0.15) is 0 Å². The van der Waals surface area contributed by atoms with E-state index in [9.17, 15) is 0 Å². The average Bonchev–Trinajstić information content (AvgIpc) is 4.29. The molecule has 0 spiro atoms. The van der Waals surface area contributed by atoms with Crippen LogP contribution in [0.4, 0.5) is 0 Å². The van der Waals surface area contributed by atoms with Gasteiger partial charge in [-0.25, -0.2) is 0 Å². The molecule has 29 aromatic rings. The highest BCUT2D eigenvalue weighted by Crippen LogP contribution is 2.83. The maximum atomic E-state index is 2.54. The standard InChI is InChI=1S/C68H10/c1-7-4-2-3-5-8(7)6-68-65-61-55-41-33-25-13-10-9-11-14(13)26-28-24-18(11)20-16-12(9)15-19-17(10)23-27(25)39(41)47-45-31(23)29(19)37-35-21(15)22(16)36-38-30(20)32(24)46-48-40(28)42(34(26)33)56(55)62(65)58(48)60-52(46)50(38)54-44(36)43(35)53-49(37)51(45)59(57(47)61)66(68)63(53)64(54)67(60)68/h2-5,65H,6H2,1H3. The van der Waals surface area contributed by atoms with Gasteiger partial charge in [0.05, 0.1) is 0 Å². The summed E-state index contributed by atoms with van der Waals surface area (Å²) in [4.78, 5) is 0. The van der Waals surface area contributed by atoms with Crippen molar-refractivity contribution < 1.29 is 0 Å². The second kappa shape index (κ2) is 5.66. The molecule has 0 saturated carbocycles. The molecule has 0 heteroatoms. The molecule has 0 radical (unpaired) electrons. The lowest BCUT2D eigenvalue weighted by Gasteiger charge is -2.46. The van der Waals surface area contributed by atoms with Gasteiger partial charge in [-0.2, -0.15) is 0 Å². The number of benzene rings is 19. The highest BCUT2D eigenvalue weighted by atomic mass is 14.6. The first kappa shape index (κ1) is 25.0. The number of rotatable bonds is 2. The average molecular weight is 827 g/mol. The fraction of sp³-hybridized carbons (Fsp3) is 0.0588. The van der Waals surface area contributed by atoms with E-state index >= 15 is 0 Å². The predicted octanol–water partition coefficient (Wildman–Crippen LogP) is 18.7. The molecule has 0 nitrogen and oxygen atoms in total. The van der Waals surface area contributed by atoms with Gasteiger partial charge in [-0.3, -0.25) is 0 Å². The molecular weight excluding hydrogens is 817 g/mol. The predicted molar refractivity (Wildman–Crippen MR) is 290 cm³/mol. The van der Waals surface area contributed by atoms with Crippen LogP contribution in [0.25, 0.3) is 291 Å². The first-order chi connectivity index (χ1) is 33.9. The van der Waals surface area contributed by atoms with E-state index in [4.69, 9.17) is 0 Å². The topological polar surface area (TPSA) is 0 Å². The first-order valence-electron chi connectivity index (χ1n) is 25.7. The molecule has 0 N–H and O–H groups in total. The smallest absolute Gasteiger partial charge is 0.0378 e. The van der Waals surface area contributed by atoms with Crippen molar-refractivity contribution in [3.05, 3.63) is 57.6 Å². The second-order valence-electron chi connectivity index (χ2n) is 25.3. The van der Waals surface area contributed by atoms with Crippen LogP contribution in [0, 0.1) is 6.92 Å². The van der Waals surface area contributed by atoms with E-state index in [-0.39, 0.29) is 5.41 Å². The molecule has 0 saturated heterocycles. The number of hydrogen-bond donors (Lipinski definition) is 0. The molecule has 0 aliphatic heterocycles. The van der Waals surface area contributed by atoms with Gasteiger partial charge in [-0.05, 0) is 338 Å². The van der Waals surface area contributed by atoms with Crippen LogP contribution in [0.5, 0.6) is 0 Å². The molecule has 0 aromatic heterocycles. The molecule has 0 bridgehead atoms. The Morgan fingerprint density at radius 2 is 0.441 bits per heavy atom. The van der Waals surface area contributed by atoms with Gasteiger partial charge in [-0.15, -0.1) is 0 Å². The van der Waals surface area contributed by atoms with Crippen molar-refractivity contribution in [3.63, 3.8) is 0 Å². The zero-order valence-corrected chi connectivity index (χ0v) is 35.1. The van der Waals surface area contributed by atoms with Crippen molar-refractivity contribution in [2.75, 3.05) is 0 Å². The molecule has 68 heavy (non-hydrogen) atoms. The highest BCUT2D eigenvalue weighted by molar-refractivity contribution is 6.82. The summed E-state index contributed by atoms with van der Waals surface area (Å²) in [5, 5.41) is 90.7. The Morgan fingerprint density at radius 1 is 0.250 bits per heavy atom. The van der Waals surface area contributed by atoms with Gasteiger partial charge < -0.3 is 0 Å². The van der Waals surface area contributed by atoms with Crippen molar-refractivity contribution in [1.82, 2.24) is 0 Å². The van der Waals surface area contributed by atoms with Crippen molar-refractivity contribution in [2.45, 2.75) is 24.7 Å². The molecule has 0 unspecified atom stereocenters. The van der Waals surface area contributed by atoms with Crippen LogP contribution in [0.15, 0.2) is 24.3 Å². The maximum Gasteiger partial charge on any atom is 0.0378 e. The lowest BCUT2D eigenvalue weighted by atomic mass is 9.55. The summed E-state index contributed by atoms with van der Waals surface area (Å²) in [7, 11) is 0. The second-order valence-corrected chi connectivity index (χ2v) is 25.3. The van der Waals surface area contributed by atoms with E-state index in [1.165, 1.54) is 5.56 Å². The van der Waals surface area contributed by atoms with E-state index in [0.29, 0.717) is 5.92 Å². The normalized spacial score (nSPS) is 21.0. The summed E-state index contributed by atoms with van der Waals surface area (Å²) in [6.07, 6.45) is 1.07. The maximum absolute atomic E-state index is 2.54. The minimum absolute atomic E-state index is 0.197. The summed E-state index contributed by atoms with van der Waals surface area (Å²) in [5.41, 5.74) is 9.93. The molecule has 0 fully saturated rings. The largest absolute Gasteiger partial charge is 0.0620 e. The lowest BCUT2D eigenvalue weighted by molar-refractivity contribution is 0.472. The fourth-order valence-corrected chi connectivity index (χ4v) is 24.7. The van der Waals surface area contributed by atoms with Gasteiger partial charge in [0.25, 0.3) is 0 Å². The Morgan fingerprint density at radius 3 is 0.691 bits per heavy atom. The van der Waals surface area contributed by atoms with Gasteiger partial charge in [0.15, 0.2) is 0 Å². The number of aryl methyl sites for hydroxylation is 1. The Hall–Kier alpha value is -8.32. The van der Waals surface area contributed by atoms with E-state index in [1.54, 1.807) is 319 Å². The molecule has 0 atom stereocenters.